The highest BCUT2D eigenvalue weighted by atomic mass is 32.2. The maximum absolute atomic E-state index is 12.7. The molecule has 1 fully saturated rings. The van der Waals surface area contributed by atoms with Gasteiger partial charge < -0.3 is 19.3 Å². The molecule has 8 nitrogen and oxygen atoms in total. The Morgan fingerprint density at radius 2 is 1.81 bits per heavy atom. The summed E-state index contributed by atoms with van der Waals surface area (Å²) in [6.07, 6.45) is 0. The smallest absolute Gasteiger partial charge is 0.238 e. The second-order valence-corrected chi connectivity index (χ2v) is 10.3. The van der Waals surface area contributed by atoms with Crippen molar-refractivity contribution in [3.63, 3.8) is 0 Å². The van der Waals surface area contributed by atoms with Crippen molar-refractivity contribution < 1.29 is 22.7 Å². The van der Waals surface area contributed by atoms with Gasteiger partial charge in [0, 0.05) is 26.2 Å². The molecule has 3 aromatic rings. The van der Waals surface area contributed by atoms with Crippen molar-refractivity contribution in [3.05, 3.63) is 42.5 Å². The largest absolute Gasteiger partial charge is 0.497 e. The summed E-state index contributed by atoms with van der Waals surface area (Å²) in [6, 6.07) is 12.0. The Morgan fingerprint density at radius 1 is 1.09 bits per heavy atom. The SMILES string of the molecule is CCOc1cccc2sc(N3CCN(C(=O)CS(=O)(=O)c4ccc(OC)cc4)CC3)nc12. The molecule has 0 unspecified atom stereocenters. The molecule has 2 aromatic carbocycles. The molecule has 0 aliphatic carbocycles. The van der Waals surface area contributed by atoms with E-state index >= 15 is 0 Å². The minimum absolute atomic E-state index is 0.116. The van der Waals surface area contributed by atoms with Gasteiger partial charge in [0.1, 0.15) is 22.8 Å². The molecule has 32 heavy (non-hydrogen) atoms. The first-order valence-electron chi connectivity index (χ1n) is 10.3. The molecule has 0 bridgehead atoms. The fraction of sp³-hybridized carbons (Fsp3) is 0.364. The van der Waals surface area contributed by atoms with Crippen LogP contribution in [0.15, 0.2) is 47.4 Å². The van der Waals surface area contributed by atoms with Crippen LogP contribution in [-0.4, -0.2) is 69.9 Å². The van der Waals surface area contributed by atoms with Crippen LogP contribution in [0.3, 0.4) is 0 Å². The van der Waals surface area contributed by atoms with E-state index < -0.39 is 15.6 Å². The summed E-state index contributed by atoms with van der Waals surface area (Å²) >= 11 is 1.59. The average Bonchev–Trinajstić information content (AvgIpc) is 3.24. The first kappa shape index (κ1) is 22.3. The topological polar surface area (TPSA) is 89.0 Å². The van der Waals surface area contributed by atoms with E-state index in [-0.39, 0.29) is 10.8 Å². The van der Waals surface area contributed by atoms with Crippen molar-refractivity contribution in [2.75, 3.05) is 50.5 Å². The van der Waals surface area contributed by atoms with E-state index in [4.69, 9.17) is 14.5 Å². The molecule has 1 aromatic heterocycles. The molecule has 0 saturated carbocycles. The normalized spacial score (nSPS) is 14.6. The quantitative estimate of drug-likeness (QED) is 0.519. The predicted octanol–water partition coefficient (Wildman–Crippen LogP) is 2.83. The second-order valence-electron chi connectivity index (χ2n) is 7.33. The van der Waals surface area contributed by atoms with Crippen molar-refractivity contribution in [1.29, 1.82) is 0 Å². The molecule has 1 saturated heterocycles. The molecule has 2 heterocycles. The minimum Gasteiger partial charge on any atom is -0.497 e. The van der Waals surface area contributed by atoms with Gasteiger partial charge in [-0.1, -0.05) is 17.4 Å². The van der Waals surface area contributed by atoms with Crippen molar-refractivity contribution in [2.24, 2.45) is 0 Å². The van der Waals surface area contributed by atoms with Gasteiger partial charge in [-0.2, -0.15) is 0 Å². The number of methoxy groups -OCH3 is 1. The molecular formula is C22H25N3O5S2. The summed E-state index contributed by atoms with van der Waals surface area (Å²) in [5.74, 6) is 0.404. The number of carbonyl (C=O) groups excluding carboxylic acids is 1. The summed E-state index contributed by atoms with van der Waals surface area (Å²) in [7, 11) is -2.20. The van der Waals surface area contributed by atoms with Gasteiger partial charge in [0.05, 0.1) is 23.3 Å². The van der Waals surface area contributed by atoms with Crippen LogP contribution in [0.25, 0.3) is 10.2 Å². The summed E-state index contributed by atoms with van der Waals surface area (Å²) in [4.78, 5) is 21.3. The third-order valence-corrected chi connectivity index (χ3v) is 8.00. The van der Waals surface area contributed by atoms with Crippen LogP contribution >= 0.6 is 11.3 Å². The first-order chi connectivity index (χ1) is 15.4. The number of nitrogens with zero attached hydrogens (tertiary/aromatic N) is 3. The second kappa shape index (κ2) is 9.33. The van der Waals surface area contributed by atoms with Gasteiger partial charge in [0.2, 0.25) is 5.91 Å². The molecule has 1 aliphatic heterocycles. The fourth-order valence-electron chi connectivity index (χ4n) is 3.59. The highest BCUT2D eigenvalue weighted by Gasteiger charge is 2.27. The monoisotopic (exact) mass is 475 g/mol. The molecule has 1 amide bonds. The lowest BCUT2D eigenvalue weighted by molar-refractivity contribution is -0.128. The highest BCUT2D eigenvalue weighted by molar-refractivity contribution is 7.92. The number of carbonyl (C=O) groups is 1. The molecule has 170 valence electrons. The Kier molecular flexibility index (Phi) is 6.52. The Labute approximate surface area is 191 Å². The van der Waals surface area contributed by atoms with Crippen LogP contribution in [0.5, 0.6) is 11.5 Å². The maximum atomic E-state index is 12.7. The third kappa shape index (κ3) is 4.66. The molecular weight excluding hydrogens is 450 g/mol. The van der Waals surface area contributed by atoms with E-state index in [9.17, 15) is 13.2 Å². The van der Waals surface area contributed by atoms with Crippen LogP contribution in [0.2, 0.25) is 0 Å². The number of piperazine rings is 1. The number of sulfone groups is 1. The molecule has 0 N–H and O–H groups in total. The lowest BCUT2D eigenvalue weighted by Gasteiger charge is -2.34. The van der Waals surface area contributed by atoms with E-state index in [1.807, 2.05) is 25.1 Å². The van der Waals surface area contributed by atoms with Gasteiger partial charge in [-0.05, 0) is 43.3 Å². The number of benzene rings is 2. The van der Waals surface area contributed by atoms with E-state index in [0.29, 0.717) is 38.5 Å². The summed E-state index contributed by atoms with van der Waals surface area (Å²) in [5, 5.41) is 0.880. The van der Waals surface area contributed by atoms with Gasteiger partial charge in [-0.25, -0.2) is 13.4 Å². The summed E-state index contributed by atoms with van der Waals surface area (Å²) < 4.78 is 37.1. The lowest BCUT2D eigenvalue weighted by Crippen LogP contribution is -2.50. The lowest BCUT2D eigenvalue weighted by atomic mass is 10.3. The number of hydrogen-bond acceptors (Lipinski definition) is 8. The van der Waals surface area contributed by atoms with Crippen LogP contribution in [0.1, 0.15) is 6.92 Å². The van der Waals surface area contributed by atoms with Crippen molar-refractivity contribution in [2.45, 2.75) is 11.8 Å². The predicted molar refractivity (Wildman–Crippen MR) is 125 cm³/mol. The fourth-order valence-corrected chi connectivity index (χ4v) is 5.85. The van der Waals surface area contributed by atoms with E-state index in [1.54, 1.807) is 28.4 Å². The Bertz CT molecular complexity index is 1200. The maximum Gasteiger partial charge on any atom is 0.238 e. The van der Waals surface area contributed by atoms with Crippen LogP contribution in [0.4, 0.5) is 5.13 Å². The average molecular weight is 476 g/mol. The third-order valence-electron chi connectivity index (χ3n) is 5.31. The zero-order valence-corrected chi connectivity index (χ0v) is 19.6. The van der Waals surface area contributed by atoms with Crippen LogP contribution < -0.4 is 14.4 Å². The number of rotatable bonds is 7. The highest BCUT2D eigenvalue weighted by Crippen LogP contribution is 2.34. The van der Waals surface area contributed by atoms with E-state index in [1.165, 1.54) is 19.2 Å². The number of anilines is 1. The van der Waals surface area contributed by atoms with Crippen molar-refractivity contribution in [3.8, 4) is 11.5 Å². The van der Waals surface area contributed by atoms with Gasteiger partial charge in [-0.15, -0.1) is 0 Å². The Morgan fingerprint density at radius 3 is 2.47 bits per heavy atom. The molecule has 0 radical (unpaired) electrons. The number of thiazole rings is 1. The van der Waals surface area contributed by atoms with E-state index in [0.717, 1.165) is 21.1 Å². The number of hydrogen-bond donors (Lipinski definition) is 0. The zero-order chi connectivity index (χ0) is 22.7. The molecule has 10 heteroatoms. The van der Waals surface area contributed by atoms with Gasteiger partial charge >= 0.3 is 0 Å². The molecule has 0 atom stereocenters. The van der Waals surface area contributed by atoms with Crippen LogP contribution in [0, 0.1) is 0 Å². The van der Waals surface area contributed by atoms with Gasteiger partial charge in [0.25, 0.3) is 0 Å². The number of aromatic nitrogens is 1. The number of para-hydroxylation sites is 1. The number of amides is 1. The van der Waals surface area contributed by atoms with E-state index in [2.05, 4.69) is 4.90 Å². The zero-order valence-electron chi connectivity index (χ0n) is 18.0. The standard InChI is InChI=1S/C22H25N3O5S2/c1-3-30-18-5-4-6-19-21(18)23-22(31-19)25-13-11-24(12-14-25)20(26)15-32(27,28)17-9-7-16(29-2)8-10-17/h4-10H,3,11-15H2,1-2H3. The summed E-state index contributed by atoms with van der Waals surface area (Å²) in [5.41, 5.74) is 0.846. The minimum atomic E-state index is -3.71. The molecule has 4 rings (SSSR count). The number of ether oxygens (including phenoxy) is 2. The van der Waals surface area contributed by atoms with Crippen molar-refractivity contribution >= 4 is 42.4 Å². The van der Waals surface area contributed by atoms with Gasteiger partial charge in [0.15, 0.2) is 15.0 Å². The summed E-state index contributed by atoms with van der Waals surface area (Å²) in [6.45, 7) is 4.61. The first-order valence-corrected chi connectivity index (χ1v) is 12.8. The number of fused-ring (bicyclic) bond motifs is 1. The van der Waals surface area contributed by atoms with Crippen molar-refractivity contribution in [1.82, 2.24) is 9.88 Å². The van der Waals surface area contributed by atoms with Crippen LogP contribution in [-0.2, 0) is 14.6 Å². The Hall–Kier alpha value is -2.85. The Balaban J connectivity index is 1.39. The van der Waals surface area contributed by atoms with Gasteiger partial charge in [-0.3, -0.25) is 4.79 Å². The molecule has 0 spiro atoms. The molecule has 1 aliphatic rings.